The highest BCUT2D eigenvalue weighted by Gasteiger charge is 2.48. The molecule has 4 nitrogen and oxygen atoms in total. The number of benzene rings is 1. The van der Waals surface area contributed by atoms with Crippen molar-refractivity contribution >= 4 is 7.60 Å². The minimum absolute atomic E-state index is 0.364. The molecule has 0 heterocycles. The fraction of sp³-hybridized carbons (Fsp3) is 0.667. The van der Waals surface area contributed by atoms with Gasteiger partial charge in [0.25, 0.3) is 0 Å². The maximum Gasteiger partial charge on any atom is 0.345 e. The Labute approximate surface area is 138 Å². The van der Waals surface area contributed by atoms with Crippen molar-refractivity contribution in [2.24, 2.45) is 5.92 Å². The summed E-state index contributed by atoms with van der Waals surface area (Å²) in [4.78, 5) is 19.9. The lowest BCUT2D eigenvalue weighted by molar-refractivity contribution is 0.214. The van der Waals surface area contributed by atoms with E-state index in [0.717, 1.165) is 32.1 Å². The molecular formula is C18H28NO3P. The van der Waals surface area contributed by atoms with E-state index in [1.807, 2.05) is 0 Å². The molecule has 0 aliphatic heterocycles. The van der Waals surface area contributed by atoms with E-state index in [1.165, 1.54) is 11.1 Å². The monoisotopic (exact) mass is 337 g/mol. The van der Waals surface area contributed by atoms with Crippen molar-refractivity contribution in [1.29, 1.82) is 0 Å². The van der Waals surface area contributed by atoms with Crippen molar-refractivity contribution in [3.63, 3.8) is 0 Å². The molecule has 1 atom stereocenters. The normalized spacial score (nSPS) is 31.6. The molecule has 23 heavy (non-hydrogen) atoms. The second kappa shape index (κ2) is 6.68. The largest absolute Gasteiger partial charge is 0.345 e. The summed E-state index contributed by atoms with van der Waals surface area (Å²) >= 11 is 0. The molecule has 0 saturated heterocycles. The van der Waals surface area contributed by atoms with E-state index in [1.54, 1.807) is 0 Å². The van der Waals surface area contributed by atoms with Crippen LogP contribution in [0, 0.1) is 5.92 Å². The molecule has 1 aromatic carbocycles. The van der Waals surface area contributed by atoms with Crippen LogP contribution in [0.15, 0.2) is 24.3 Å². The highest BCUT2D eigenvalue weighted by molar-refractivity contribution is 7.53. The summed E-state index contributed by atoms with van der Waals surface area (Å²) in [5.74, 6) is 0.926. The zero-order valence-corrected chi connectivity index (χ0v) is 14.8. The van der Waals surface area contributed by atoms with Crippen LogP contribution in [0.2, 0.25) is 0 Å². The summed E-state index contributed by atoms with van der Waals surface area (Å²) in [6.07, 6.45) is 6.30. The Balaban J connectivity index is 1.74. The van der Waals surface area contributed by atoms with Gasteiger partial charge < -0.3 is 15.1 Å². The Kier molecular flexibility index (Phi) is 4.98. The van der Waals surface area contributed by atoms with E-state index in [9.17, 15) is 14.4 Å². The topological polar surface area (TPSA) is 69.6 Å². The van der Waals surface area contributed by atoms with Crippen molar-refractivity contribution in [3.05, 3.63) is 35.4 Å². The summed E-state index contributed by atoms with van der Waals surface area (Å²) in [6, 6.07) is 8.50. The molecule has 0 amide bonds. The third kappa shape index (κ3) is 3.56. The highest BCUT2D eigenvalue weighted by atomic mass is 31.2. The summed E-state index contributed by atoms with van der Waals surface area (Å²) in [5.41, 5.74) is 2.75. The molecule has 1 saturated carbocycles. The number of hydrogen-bond acceptors (Lipinski definition) is 2. The van der Waals surface area contributed by atoms with Crippen LogP contribution in [0.25, 0.3) is 0 Å². The fourth-order valence-corrected chi connectivity index (χ4v) is 5.33. The van der Waals surface area contributed by atoms with Gasteiger partial charge in [-0.3, -0.25) is 4.57 Å². The van der Waals surface area contributed by atoms with Crippen molar-refractivity contribution in [1.82, 2.24) is 5.32 Å². The Morgan fingerprint density at radius 1 is 1.22 bits per heavy atom. The van der Waals surface area contributed by atoms with Crippen molar-refractivity contribution in [2.45, 2.75) is 63.1 Å². The second-order valence-electron chi connectivity index (χ2n) is 7.43. The smallest absolute Gasteiger partial charge is 0.323 e. The average Bonchev–Trinajstić information content (AvgIpc) is 2.53. The lowest BCUT2D eigenvalue weighted by atomic mass is 9.82. The summed E-state index contributed by atoms with van der Waals surface area (Å²) < 4.78 is 12.2. The van der Waals surface area contributed by atoms with E-state index in [-0.39, 0.29) is 0 Å². The highest BCUT2D eigenvalue weighted by Crippen LogP contribution is 2.56. The van der Waals surface area contributed by atoms with E-state index in [2.05, 4.69) is 36.5 Å². The Hall–Kier alpha value is -0.670. The molecule has 3 N–H and O–H groups in total. The standard InChI is InChI=1S/C18H28NO3P/c1-14-9-11-18(12-10-14,23(20,21)22)19-13-16-7-4-6-15-5-2-3-8-17(15)16/h2-3,5,8,14,16,19H,4,6-7,9-13H2,1H3,(H2,20,21,22)/t14?,16-,18?/m1/s1. The lowest BCUT2D eigenvalue weighted by Crippen LogP contribution is -2.49. The molecule has 0 unspecified atom stereocenters. The molecule has 0 bridgehead atoms. The number of rotatable bonds is 4. The SMILES string of the molecule is CC1CCC(NC[C@H]2CCCc3ccccc32)(P(=O)(O)O)CC1. The number of aryl methyl sites for hydroxylation is 1. The van der Waals surface area contributed by atoms with Crippen LogP contribution < -0.4 is 5.32 Å². The Morgan fingerprint density at radius 3 is 2.61 bits per heavy atom. The van der Waals surface area contributed by atoms with E-state index < -0.39 is 12.9 Å². The zero-order chi connectivity index (χ0) is 16.5. The first kappa shape index (κ1) is 17.2. The molecule has 5 heteroatoms. The van der Waals surface area contributed by atoms with Crippen LogP contribution in [-0.4, -0.2) is 21.6 Å². The minimum Gasteiger partial charge on any atom is -0.323 e. The maximum atomic E-state index is 12.2. The molecule has 0 radical (unpaired) electrons. The van der Waals surface area contributed by atoms with Crippen LogP contribution in [-0.2, 0) is 11.0 Å². The zero-order valence-electron chi connectivity index (χ0n) is 13.9. The molecule has 128 valence electrons. The fourth-order valence-electron chi connectivity index (χ4n) is 4.19. The average molecular weight is 337 g/mol. The van der Waals surface area contributed by atoms with Crippen molar-refractivity contribution in [3.8, 4) is 0 Å². The molecule has 1 fully saturated rings. The van der Waals surface area contributed by atoms with Gasteiger partial charge >= 0.3 is 7.60 Å². The van der Waals surface area contributed by atoms with Gasteiger partial charge in [0.05, 0.1) is 0 Å². The molecule has 1 aromatic rings. The van der Waals surface area contributed by atoms with Crippen LogP contribution in [0.1, 0.15) is 62.5 Å². The molecule has 3 rings (SSSR count). The van der Waals surface area contributed by atoms with Gasteiger partial charge in [0.1, 0.15) is 5.28 Å². The van der Waals surface area contributed by atoms with E-state index in [0.29, 0.717) is 31.2 Å². The van der Waals surface area contributed by atoms with Gasteiger partial charge in [-0.1, -0.05) is 31.2 Å². The number of hydrogen-bond donors (Lipinski definition) is 3. The van der Waals surface area contributed by atoms with Crippen LogP contribution in [0.3, 0.4) is 0 Å². The van der Waals surface area contributed by atoms with Gasteiger partial charge in [0, 0.05) is 6.54 Å². The van der Waals surface area contributed by atoms with E-state index >= 15 is 0 Å². The summed E-state index contributed by atoms with van der Waals surface area (Å²) in [6.45, 7) is 2.83. The number of fused-ring (bicyclic) bond motifs is 1. The van der Waals surface area contributed by atoms with Crippen LogP contribution in [0.5, 0.6) is 0 Å². The molecule has 0 aromatic heterocycles. The first-order valence-corrected chi connectivity index (χ1v) is 10.4. The third-order valence-corrected chi connectivity index (χ3v) is 7.55. The van der Waals surface area contributed by atoms with Crippen LogP contribution >= 0.6 is 7.60 Å². The van der Waals surface area contributed by atoms with Crippen molar-refractivity contribution < 1.29 is 14.4 Å². The van der Waals surface area contributed by atoms with Gasteiger partial charge in [-0.15, -0.1) is 0 Å². The van der Waals surface area contributed by atoms with Gasteiger partial charge in [0.15, 0.2) is 0 Å². The second-order valence-corrected chi connectivity index (χ2v) is 9.37. The van der Waals surface area contributed by atoms with E-state index in [4.69, 9.17) is 0 Å². The molecule has 0 spiro atoms. The van der Waals surface area contributed by atoms with Gasteiger partial charge in [-0.25, -0.2) is 0 Å². The lowest BCUT2D eigenvalue weighted by Gasteiger charge is -2.41. The van der Waals surface area contributed by atoms with Gasteiger partial charge in [-0.2, -0.15) is 0 Å². The first-order valence-electron chi connectivity index (χ1n) is 8.80. The molecule has 2 aliphatic rings. The number of nitrogens with one attached hydrogen (secondary N) is 1. The summed E-state index contributed by atoms with van der Waals surface area (Å²) in [7, 11) is -4.16. The Morgan fingerprint density at radius 2 is 1.91 bits per heavy atom. The first-order chi connectivity index (χ1) is 10.9. The third-order valence-electron chi connectivity index (χ3n) is 5.83. The predicted molar refractivity (Wildman–Crippen MR) is 92.5 cm³/mol. The van der Waals surface area contributed by atoms with Crippen LogP contribution in [0.4, 0.5) is 0 Å². The Bertz CT molecular complexity index is 590. The van der Waals surface area contributed by atoms with Gasteiger partial charge in [-0.05, 0) is 67.9 Å². The maximum absolute atomic E-state index is 12.2. The molecular weight excluding hydrogens is 309 g/mol. The minimum atomic E-state index is -4.16. The quantitative estimate of drug-likeness (QED) is 0.731. The predicted octanol–water partition coefficient (Wildman–Crippen LogP) is 3.78. The van der Waals surface area contributed by atoms with Crippen molar-refractivity contribution in [2.75, 3.05) is 6.54 Å². The molecule has 2 aliphatic carbocycles. The summed E-state index contributed by atoms with van der Waals surface area (Å²) in [5, 5.41) is 2.34. The van der Waals surface area contributed by atoms with Gasteiger partial charge in [0.2, 0.25) is 0 Å².